The topological polar surface area (TPSA) is 153 Å². The molecule has 43 heavy (non-hydrogen) atoms. The number of hydrogen-bond acceptors (Lipinski definition) is 8. The number of hydrogen-bond donors (Lipinski definition) is 4. The average molecular weight is 638 g/mol. The van der Waals surface area contributed by atoms with Crippen molar-refractivity contribution in [2.75, 3.05) is 24.7 Å². The maximum Gasteiger partial charge on any atom is 0.246 e. The van der Waals surface area contributed by atoms with Crippen LogP contribution in [0, 0.1) is 11.8 Å². The van der Waals surface area contributed by atoms with Crippen LogP contribution < -0.4 is 21.7 Å². The number of carbonyl (C=O) groups excluding carboxylic acids is 4. The molecule has 0 aromatic carbocycles. The maximum atomic E-state index is 13.7. The molecule has 0 radical (unpaired) electrons. The number of nitrogens with two attached hydrogens (primary N) is 1. The molecule has 12 heteroatoms. The van der Waals surface area contributed by atoms with Crippen molar-refractivity contribution in [3.05, 3.63) is 29.6 Å². The molecule has 3 atom stereocenters. The average Bonchev–Trinajstić information content (AvgIpc) is 2.97. The number of pyridine rings is 1. The van der Waals surface area contributed by atoms with Crippen LogP contribution in [0.15, 0.2) is 18.2 Å². The van der Waals surface area contributed by atoms with Gasteiger partial charge < -0.3 is 26.4 Å². The Kier molecular flexibility index (Phi) is 16.4. The fraction of sp³-hybridized carbons (Fsp3) is 0.710. The van der Waals surface area contributed by atoms with Crippen LogP contribution in [0.3, 0.4) is 0 Å². The molecule has 1 aromatic heterocycles. The van der Waals surface area contributed by atoms with Crippen LogP contribution in [0.4, 0.5) is 0 Å². The van der Waals surface area contributed by atoms with E-state index in [0.717, 1.165) is 17.8 Å². The molecule has 1 aliphatic heterocycles. The third-order valence-electron chi connectivity index (χ3n) is 7.69. The van der Waals surface area contributed by atoms with Gasteiger partial charge in [-0.1, -0.05) is 40.2 Å². The summed E-state index contributed by atoms with van der Waals surface area (Å²) in [5.41, 5.74) is 5.95. The van der Waals surface area contributed by atoms with Gasteiger partial charge in [0.05, 0.1) is 11.4 Å². The summed E-state index contributed by atoms with van der Waals surface area (Å²) in [6.07, 6.45) is 2.76. The molecule has 0 bridgehead atoms. The Morgan fingerprint density at radius 3 is 2.14 bits per heavy atom. The van der Waals surface area contributed by atoms with Gasteiger partial charge in [0.1, 0.15) is 11.6 Å². The van der Waals surface area contributed by atoms with Crippen molar-refractivity contribution < 1.29 is 23.9 Å². The molecule has 1 fully saturated rings. The van der Waals surface area contributed by atoms with Crippen LogP contribution in [-0.2, 0) is 35.4 Å². The summed E-state index contributed by atoms with van der Waals surface area (Å²) in [7, 11) is 0. The molecule has 1 saturated heterocycles. The number of carbonyl (C=O) groups is 4. The molecule has 1 aromatic rings. The van der Waals surface area contributed by atoms with E-state index in [0.29, 0.717) is 67.8 Å². The van der Waals surface area contributed by atoms with Crippen LogP contribution in [0.2, 0.25) is 0 Å². The number of aromatic nitrogens is 1. The lowest BCUT2D eigenvalue weighted by Crippen LogP contribution is -2.64. The van der Waals surface area contributed by atoms with E-state index in [4.69, 9.17) is 10.5 Å². The van der Waals surface area contributed by atoms with Gasteiger partial charge in [0.2, 0.25) is 23.6 Å². The Hall–Kier alpha value is -2.31. The van der Waals surface area contributed by atoms with Gasteiger partial charge in [0.15, 0.2) is 0 Å². The lowest BCUT2D eigenvalue weighted by atomic mass is 9.87. The molecule has 2 rings (SSSR count). The zero-order chi connectivity index (χ0) is 31.8. The standard InChI is InChI=1S/C31H51N5O5S2/c1-6-22(4)23(5)33-29(39)26(18-21(2)3)35-30(40)31(12-14-41-15-13-31)36-28(38)11-17-43-20-25-9-7-8-24(34-25)19-42-16-10-27(32)37/h7-9,21-23,26H,6,10-20H2,1-5H3,(H2,32,37)(H,33,39)(H,35,40)(H,36,38). The minimum Gasteiger partial charge on any atom is -0.381 e. The lowest BCUT2D eigenvalue weighted by Gasteiger charge is -2.38. The van der Waals surface area contributed by atoms with Crippen molar-refractivity contribution in [2.45, 2.75) is 102 Å². The highest BCUT2D eigenvalue weighted by Crippen LogP contribution is 2.23. The second kappa shape index (κ2) is 19.2. The summed E-state index contributed by atoms with van der Waals surface area (Å²) in [6, 6.07) is 5.18. The van der Waals surface area contributed by atoms with Gasteiger partial charge >= 0.3 is 0 Å². The Balaban J connectivity index is 1.93. The third-order valence-corrected chi connectivity index (χ3v) is 9.67. The van der Waals surface area contributed by atoms with Crippen molar-refractivity contribution in [2.24, 2.45) is 17.6 Å². The van der Waals surface area contributed by atoms with E-state index >= 15 is 0 Å². The number of amides is 4. The Morgan fingerprint density at radius 2 is 1.58 bits per heavy atom. The number of nitrogens with zero attached hydrogens (tertiary/aromatic N) is 1. The van der Waals surface area contributed by atoms with Crippen molar-refractivity contribution in [3.8, 4) is 0 Å². The third kappa shape index (κ3) is 13.5. The molecule has 0 aliphatic carbocycles. The Morgan fingerprint density at radius 1 is 0.977 bits per heavy atom. The molecule has 0 saturated carbocycles. The van der Waals surface area contributed by atoms with Gasteiger partial charge in [-0.25, -0.2) is 0 Å². The van der Waals surface area contributed by atoms with Gasteiger partial charge in [0.25, 0.3) is 0 Å². The first-order valence-electron chi connectivity index (χ1n) is 15.3. The van der Waals surface area contributed by atoms with Gasteiger partial charge in [-0.05, 0) is 37.3 Å². The van der Waals surface area contributed by atoms with E-state index in [-0.39, 0.29) is 42.0 Å². The van der Waals surface area contributed by atoms with Crippen molar-refractivity contribution in [3.63, 3.8) is 0 Å². The predicted molar refractivity (Wildman–Crippen MR) is 174 cm³/mol. The SMILES string of the molecule is CCC(C)C(C)NC(=O)C(CC(C)C)NC(=O)C1(NC(=O)CCSCc2cccc(CSCCC(N)=O)n2)CCOCC1. The molecular formula is C31H51N5O5S2. The zero-order valence-electron chi connectivity index (χ0n) is 26.4. The molecule has 5 N–H and O–H groups in total. The van der Waals surface area contributed by atoms with Crippen LogP contribution in [0.1, 0.15) is 84.5 Å². The number of thioether (sulfide) groups is 2. The van der Waals surface area contributed by atoms with E-state index in [1.165, 1.54) is 0 Å². The van der Waals surface area contributed by atoms with Crippen molar-refractivity contribution in [1.82, 2.24) is 20.9 Å². The lowest BCUT2D eigenvalue weighted by molar-refractivity contribution is -0.140. The van der Waals surface area contributed by atoms with Gasteiger partial charge in [-0.2, -0.15) is 23.5 Å². The maximum absolute atomic E-state index is 13.7. The first-order valence-corrected chi connectivity index (χ1v) is 17.6. The van der Waals surface area contributed by atoms with Crippen LogP contribution >= 0.6 is 23.5 Å². The fourth-order valence-corrected chi connectivity index (χ4v) is 6.36. The van der Waals surface area contributed by atoms with Gasteiger partial charge in [-0.15, -0.1) is 0 Å². The van der Waals surface area contributed by atoms with Crippen molar-refractivity contribution >= 4 is 47.2 Å². The number of nitrogens with one attached hydrogen (secondary N) is 3. The molecule has 3 unspecified atom stereocenters. The number of ether oxygens (including phenoxy) is 1. The molecule has 2 heterocycles. The quantitative estimate of drug-likeness (QED) is 0.168. The second-order valence-electron chi connectivity index (χ2n) is 11.8. The molecule has 242 valence electrons. The predicted octanol–water partition coefficient (Wildman–Crippen LogP) is 3.56. The largest absolute Gasteiger partial charge is 0.381 e. The molecule has 0 spiro atoms. The number of primary amides is 1. The first kappa shape index (κ1) is 36.9. The highest BCUT2D eigenvalue weighted by Gasteiger charge is 2.43. The monoisotopic (exact) mass is 637 g/mol. The summed E-state index contributed by atoms with van der Waals surface area (Å²) in [5, 5.41) is 9.07. The second-order valence-corrected chi connectivity index (χ2v) is 14.0. The summed E-state index contributed by atoms with van der Waals surface area (Å²) in [6.45, 7) is 10.9. The van der Waals surface area contributed by atoms with Gasteiger partial charge in [0, 0.05) is 68.0 Å². The molecule has 10 nitrogen and oxygen atoms in total. The van der Waals surface area contributed by atoms with Gasteiger partial charge in [-0.3, -0.25) is 24.2 Å². The Bertz CT molecular complexity index is 1050. The summed E-state index contributed by atoms with van der Waals surface area (Å²) in [4.78, 5) is 55.5. The summed E-state index contributed by atoms with van der Waals surface area (Å²) in [5.74, 6) is 2.09. The van der Waals surface area contributed by atoms with Crippen LogP contribution in [0.5, 0.6) is 0 Å². The first-order chi connectivity index (χ1) is 20.5. The van der Waals surface area contributed by atoms with E-state index in [9.17, 15) is 19.2 Å². The van der Waals surface area contributed by atoms with E-state index < -0.39 is 11.6 Å². The molecule has 4 amide bonds. The smallest absolute Gasteiger partial charge is 0.246 e. The van der Waals surface area contributed by atoms with E-state index in [1.807, 2.05) is 39.0 Å². The highest BCUT2D eigenvalue weighted by atomic mass is 32.2. The number of rotatable bonds is 19. The normalized spacial score (nSPS) is 16.6. The molecule has 1 aliphatic rings. The zero-order valence-corrected chi connectivity index (χ0v) is 28.0. The highest BCUT2D eigenvalue weighted by molar-refractivity contribution is 7.98. The van der Waals surface area contributed by atoms with Crippen molar-refractivity contribution in [1.29, 1.82) is 0 Å². The fourth-order valence-electron chi connectivity index (χ4n) is 4.66. The molecular weight excluding hydrogens is 587 g/mol. The minimum atomic E-state index is -1.11. The Labute approximate surface area is 265 Å². The van der Waals surface area contributed by atoms with Crippen LogP contribution in [0.25, 0.3) is 0 Å². The van der Waals surface area contributed by atoms with E-state index in [2.05, 4.69) is 34.8 Å². The minimum absolute atomic E-state index is 0.0110. The summed E-state index contributed by atoms with van der Waals surface area (Å²) < 4.78 is 5.52. The van der Waals surface area contributed by atoms with E-state index in [1.54, 1.807) is 23.5 Å². The summed E-state index contributed by atoms with van der Waals surface area (Å²) >= 11 is 3.23. The van der Waals surface area contributed by atoms with Crippen LogP contribution in [-0.4, -0.2) is 71.0 Å².